The highest BCUT2D eigenvalue weighted by Gasteiger charge is 2.29. The number of carbonyl (C=O) groups excluding carboxylic acids is 1. The van der Waals surface area contributed by atoms with Crippen molar-refractivity contribution >= 4 is 29.1 Å². The van der Waals surface area contributed by atoms with E-state index in [9.17, 15) is 4.79 Å². The van der Waals surface area contributed by atoms with Gasteiger partial charge in [0.05, 0.1) is 13.0 Å². The average Bonchev–Trinajstić information content (AvgIpc) is 3.23. The van der Waals surface area contributed by atoms with Gasteiger partial charge < -0.3 is 14.2 Å². The second kappa shape index (κ2) is 8.43. The van der Waals surface area contributed by atoms with E-state index in [0.29, 0.717) is 40.4 Å². The van der Waals surface area contributed by atoms with Crippen LogP contribution in [0.25, 0.3) is 11.4 Å². The molecule has 1 fully saturated rings. The van der Waals surface area contributed by atoms with Crippen molar-refractivity contribution in [3.63, 3.8) is 0 Å². The lowest BCUT2D eigenvalue weighted by Gasteiger charge is -2.31. The molecule has 1 atom stereocenters. The molecule has 1 unspecified atom stereocenters. The van der Waals surface area contributed by atoms with Crippen LogP contribution >= 0.6 is 23.2 Å². The van der Waals surface area contributed by atoms with Gasteiger partial charge in [-0.25, -0.2) is 0 Å². The number of amides is 1. The van der Waals surface area contributed by atoms with Crippen LogP contribution in [-0.2, 0) is 0 Å². The molecule has 6 nitrogen and oxygen atoms in total. The standard InChI is InChI=1S/C21H19Cl2N3O3/c1-28-18-6-2-4-13(10-18)19-24-20(29-25-19)14-5-3-7-26(12-14)21(27)15-8-16(22)11-17(23)9-15/h2,4,6,8-11,14H,3,5,7,12H2,1H3. The maximum Gasteiger partial charge on any atom is 0.253 e. The van der Waals surface area contributed by atoms with E-state index in [1.54, 1.807) is 30.2 Å². The van der Waals surface area contributed by atoms with Crippen LogP contribution < -0.4 is 4.74 Å². The summed E-state index contributed by atoms with van der Waals surface area (Å²) in [6, 6.07) is 12.4. The molecule has 2 heterocycles. The van der Waals surface area contributed by atoms with E-state index in [4.69, 9.17) is 32.5 Å². The molecule has 0 N–H and O–H groups in total. The van der Waals surface area contributed by atoms with Crippen molar-refractivity contribution in [2.24, 2.45) is 0 Å². The fourth-order valence-corrected chi connectivity index (χ4v) is 4.03. The van der Waals surface area contributed by atoms with Crippen LogP contribution in [0.1, 0.15) is 35.0 Å². The summed E-state index contributed by atoms with van der Waals surface area (Å²) in [7, 11) is 1.61. The van der Waals surface area contributed by atoms with Crippen molar-refractivity contribution in [1.29, 1.82) is 0 Å². The van der Waals surface area contributed by atoms with Crippen molar-refractivity contribution in [1.82, 2.24) is 15.0 Å². The van der Waals surface area contributed by atoms with Crippen LogP contribution in [0.4, 0.5) is 0 Å². The molecule has 8 heteroatoms. The van der Waals surface area contributed by atoms with E-state index in [0.717, 1.165) is 24.2 Å². The number of benzene rings is 2. The summed E-state index contributed by atoms with van der Waals surface area (Å²) in [5.74, 6) is 1.64. The lowest BCUT2D eigenvalue weighted by molar-refractivity contribution is 0.0695. The lowest BCUT2D eigenvalue weighted by Crippen LogP contribution is -2.39. The summed E-state index contributed by atoms with van der Waals surface area (Å²) < 4.78 is 10.8. The van der Waals surface area contributed by atoms with Gasteiger partial charge in [0.15, 0.2) is 0 Å². The van der Waals surface area contributed by atoms with Crippen molar-refractivity contribution in [2.75, 3.05) is 20.2 Å². The molecule has 1 aliphatic rings. The summed E-state index contributed by atoms with van der Waals surface area (Å²) in [6.07, 6.45) is 1.72. The number of aromatic nitrogens is 2. The molecule has 0 radical (unpaired) electrons. The lowest BCUT2D eigenvalue weighted by atomic mass is 9.97. The quantitative estimate of drug-likeness (QED) is 0.576. The smallest absolute Gasteiger partial charge is 0.253 e. The predicted molar refractivity (Wildman–Crippen MR) is 111 cm³/mol. The van der Waals surface area contributed by atoms with Gasteiger partial charge >= 0.3 is 0 Å². The molecule has 0 aliphatic carbocycles. The Kier molecular flexibility index (Phi) is 5.74. The minimum absolute atomic E-state index is 0.0192. The summed E-state index contributed by atoms with van der Waals surface area (Å²) in [6.45, 7) is 1.17. The molecule has 0 saturated carbocycles. The zero-order chi connectivity index (χ0) is 20.4. The Morgan fingerprint density at radius 3 is 2.76 bits per heavy atom. The molecule has 4 rings (SSSR count). The first-order valence-electron chi connectivity index (χ1n) is 9.27. The number of ether oxygens (including phenoxy) is 1. The van der Waals surface area contributed by atoms with Crippen LogP contribution in [-0.4, -0.2) is 41.1 Å². The molecule has 0 spiro atoms. The van der Waals surface area contributed by atoms with Crippen LogP contribution in [0.15, 0.2) is 47.0 Å². The Morgan fingerprint density at radius 2 is 2.00 bits per heavy atom. The number of piperidine rings is 1. The van der Waals surface area contributed by atoms with Crippen LogP contribution in [0, 0.1) is 0 Å². The Labute approximate surface area is 178 Å². The largest absolute Gasteiger partial charge is 0.497 e. The maximum atomic E-state index is 12.9. The van der Waals surface area contributed by atoms with Crippen LogP contribution in [0.2, 0.25) is 10.0 Å². The Morgan fingerprint density at radius 1 is 1.21 bits per heavy atom. The van der Waals surface area contributed by atoms with Crippen molar-refractivity contribution in [2.45, 2.75) is 18.8 Å². The van der Waals surface area contributed by atoms with Crippen molar-refractivity contribution in [3.05, 3.63) is 64.0 Å². The van der Waals surface area contributed by atoms with E-state index < -0.39 is 0 Å². The molecule has 3 aromatic rings. The molecule has 1 aliphatic heterocycles. The van der Waals surface area contributed by atoms with E-state index in [-0.39, 0.29) is 11.8 Å². The zero-order valence-corrected chi connectivity index (χ0v) is 17.3. The maximum absolute atomic E-state index is 12.9. The topological polar surface area (TPSA) is 68.5 Å². The summed E-state index contributed by atoms with van der Waals surface area (Å²) in [5.41, 5.74) is 1.29. The van der Waals surface area contributed by atoms with E-state index >= 15 is 0 Å². The first kappa shape index (κ1) is 19.7. The third-order valence-electron chi connectivity index (χ3n) is 4.94. The summed E-state index contributed by atoms with van der Waals surface area (Å²) in [5, 5.41) is 4.99. The zero-order valence-electron chi connectivity index (χ0n) is 15.8. The molecular formula is C21H19Cl2N3O3. The molecule has 0 bridgehead atoms. The van der Waals surface area contributed by atoms with E-state index in [1.807, 2.05) is 24.3 Å². The fourth-order valence-electron chi connectivity index (χ4n) is 3.50. The van der Waals surface area contributed by atoms with Gasteiger partial charge in [-0.05, 0) is 43.2 Å². The van der Waals surface area contributed by atoms with Gasteiger partial charge in [0, 0.05) is 34.3 Å². The minimum Gasteiger partial charge on any atom is -0.497 e. The first-order chi connectivity index (χ1) is 14.0. The van der Waals surface area contributed by atoms with Crippen molar-refractivity contribution in [3.8, 4) is 17.1 Å². The summed E-state index contributed by atoms with van der Waals surface area (Å²) >= 11 is 12.1. The van der Waals surface area contributed by atoms with Gasteiger partial charge in [0.25, 0.3) is 5.91 Å². The van der Waals surface area contributed by atoms with Gasteiger partial charge in [-0.1, -0.05) is 40.5 Å². The number of halogens is 2. The Bertz CT molecular complexity index is 1020. The van der Waals surface area contributed by atoms with Gasteiger partial charge in [0.2, 0.25) is 11.7 Å². The molecular weight excluding hydrogens is 413 g/mol. The fraction of sp³-hybridized carbons (Fsp3) is 0.286. The third-order valence-corrected chi connectivity index (χ3v) is 5.37. The molecule has 150 valence electrons. The van der Waals surface area contributed by atoms with Crippen LogP contribution in [0.3, 0.4) is 0 Å². The second-order valence-electron chi connectivity index (χ2n) is 6.94. The number of rotatable bonds is 4. The molecule has 2 aromatic carbocycles. The highest BCUT2D eigenvalue weighted by atomic mass is 35.5. The summed E-state index contributed by atoms with van der Waals surface area (Å²) in [4.78, 5) is 19.3. The third kappa shape index (κ3) is 4.38. The van der Waals surface area contributed by atoms with Gasteiger partial charge in [-0.15, -0.1) is 0 Å². The minimum atomic E-state index is -0.105. The van der Waals surface area contributed by atoms with E-state index in [2.05, 4.69) is 10.1 Å². The number of methoxy groups -OCH3 is 1. The Balaban J connectivity index is 1.51. The average molecular weight is 432 g/mol. The van der Waals surface area contributed by atoms with Gasteiger partial charge in [-0.3, -0.25) is 4.79 Å². The Hall–Kier alpha value is -2.57. The van der Waals surface area contributed by atoms with Crippen LogP contribution in [0.5, 0.6) is 5.75 Å². The molecule has 1 saturated heterocycles. The monoisotopic (exact) mass is 431 g/mol. The number of hydrogen-bond donors (Lipinski definition) is 0. The molecule has 1 amide bonds. The SMILES string of the molecule is COc1cccc(-c2noc(C3CCCN(C(=O)c4cc(Cl)cc(Cl)c4)C3)n2)c1. The van der Waals surface area contributed by atoms with Gasteiger partial charge in [-0.2, -0.15) is 4.98 Å². The van der Waals surface area contributed by atoms with Gasteiger partial charge in [0.1, 0.15) is 5.75 Å². The number of likely N-dealkylation sites (tertiary alicyclic amines) is 1. The first-order valence-corrected chi connectivity index (χ1v) is 10.0. The number of nitrogens with zero attached hydrogens (tertiary/aromatic N) is 3. The highest BCUT2D eigenvalue weighted by molar-refractivity contribution is 6.35. The molecule has 1 aromatic heterocycles. The number of hydrogen-bond acceptors (Lipinski definition) is 5. The normalized spacial score (nSPS) is 16.7. The number of carbonyl (C=O) groups is 1. The van der Waals surface area contributed by atoms with E-state index in [1.165, 1.54) is 0 Å². The van der Waals surface area contributed by atoms with Crippen molar-refractivity contribution < 1.29 is 14.1 Å². The second-order valence-corrected chi connectivity index (χ2v) is 7.81. The predicted octanol–water partition coefficient (Wildman–Crippen LogP) is 5.07. The molecule has 29 heavy (non-hydrogen) atoms. The highest BCUT2D eigenvalue weighted by Crippen LogP contribution is 2.30.